The zero-order valence-electron chi connectivity index (χ0n) is 9.85. The summed E-state index contributed by atoms with van der Waals surface area (Å²) in [4.78, 5) is 11.7. The Morgan fingerprint density at radius 1 is 1.17 bits per heavy atom. The Morgan fingerprint density at radius 2 is 1.89 bits per heavy atom. The zero-order valence-corrected chi connectivity index (χ0v) is 10.7. The Labute approximate surface area is 111 Å². The maximum absolute atomic E-state index is 11.5. The van der Waals surface area contributed by atoms with Crippen LogP contribution in [0.15, 0.2) is 42.5 Å². The van der Waals surface area contributed by atoms with E-state index in [1.54, 1.807) is 0 Å². The number of thiocarbonyl (C=S) groups is 1. The van der Waals surface area contributed by atoms with Crippen molar-refractivity contribution in [2.24, 2.45) is 5.73 Å². The maximum Gasteiger partial charge on any atom is 0.227 e. The molecule has 0 spiro atoms. The van der Waals surface area contributed by atoms with E-state index in [1.807, 2.05) is 30.3 Å². The first-order chi connectivity index (χ1) is 8.66. The lowest BCUT2D eigenvalue weighted by molar-refractivity contribution is -0.120. The average Bonchev–Trinajstić information content (AvgIpc) is 2.35. The van der Waals surface area contributed by atoms with Gasteiger partial charge in [-0.3, -0.25) is 4.79 Å². The topological polar surface area (TPSA) is 55.1 Å². The third-order valence-electron chi connectivity index (χ3n) is 2.69. The van der Waals surface area contributed by atoms with Crippen LogP contribution < -0.4 is 11.1 Å². The van der Waals surface area contributed by atoms with Crippen molar-refractivity contribution in [2.75, 3.05) is 0 Å². The minimum absolute atomic E-state index is 0.0973. The monoisotopic (exact) mass is 258 g/mol. The highest BCUT2D eigenvalue weighted by atomic mass is 32.1. The third-order valence-corrected chi connectivity index (χ3v) is 2.84. The zero-order chi connectivity index (χ0) is 13.0. The predicted octanol–water partition coefficient (Wildman–Crippen LogP) is 2.13. The van der Waals surface area contributed by atoms with Crippen LogP contribution in [-0.4, -0.2) is 10.9 Å². The van der Waals surface area contributed by atoms with Crippen molar-refractivity contribution in [3.8, 4) is 0 Å². The second kappa shape index (κ2) is 5.60. The summed E-state index contributed by atoms with van der Waals surface area (Å²) in [6, 6.07) is 14.1. The van der Waals surface area contributed by atoms with Crippen molar-refractivity contribution in [2.45, 2.75) is 13.0 Å². The van der Waals surface area contributed by atoms with Gasteiger partial charge in [0.05, 0.1) is 11.4 Å². The van der Waals surface area contributed by atoms with Gasteiger partial charge in [-0.05, 0) is 16.3 Å². The standard InChI is InChI=1S/C14H14N2OS/c15-13(18)8-14(17)16-9-11-6-3-5-10-4-1-2-7-12(10)11/h1-7H,8-9H2,(H2,15,18)(H,16,17). The van der Waals surface area contributed by atoms with Crippen LogP contribution >= 0.6 is 12.2 Å². The van der Waals surface area contributed by atoms with Crippen LogP contribution in [0.1, 0.15) is 12.0 Å². The highest BCUT2D eigenvalue weighted by Gasteiger charge is 2.04. The molecular weight excluding hydrogens is 244 g/mol. The van der Waals surface area contributed by atoms with Gasteiger partial charge >= 0.3 is 0 Å². The van der Waals surface area contributed by atoms with Gasteiger partial charge in [0.2, 0.25) is 5.91 Å². The quantitative estimate of drug-likeness (QED) is 0.826. The fourth-order valence-electron chi connectivity index (χ4n) is 1.86. The molecule has 0 bridgehead atoms. The molecule has 92 valence electrons. The molecular formula is C14H14N2OS. The number of rotatable bonds is 4. The van der Waals surface area contributed by atoms with E-state index in [2.05, 4.69) is 17.4 Å². The molecule has 2 rings (SSSR count). The van der Waals surface area contributed by atoms with Gasteiger partial charge in [-0.25, -0.2) is 0 Å². The van der Waals surface area contributed by atoms with E-state index >= 15 is 0 Å². The summed E-state index contributed by atoms with van der Waals surface area (Å²) < 4.78 is 0. The van der Waals surface area contributed by atoms with Gasteiger partial charge in [-0.2, -0.15) is 0 Å². The van der Waals surface area contributed by atoms with Gasteiger partial charge in [0, 0.05) is 6.54 Å². The number of carbonyl (C=O) groups excluding carboxylic acids is 1. The lowest BCUT2D eigenvalue weighted by Gasteiger charge is -2.08. The molecule has 0 unspecified atom stereocenters. The highest BCUT2D eigenvalue weighted by Crippen LogP contribution is 2.18. The number of hydrogen-bond acceptors (Lipinski definition) is 2. The van der Waals surface area contributed by atoms with Gasteiger partial charge in [0.25, 0.3) is 0 Å². The van der Waals surface area contributed by atoms with E-state index < -0.39 is 0 Å². The van der Waals surface area contributed by atoms with E-state index in [0.717, 1.165) is 10.9 Å². The van der Waals surface area contributed by atoms with Crippen LogP contribution in [-0.2, 0) is 11.3 Å². The first kappa shape index (κ1) is 12.5. The summed E-state index contributed by atoms with van der Waals surface area (Å²) in [5.41, 5.74) is 6.41. The molecule has 0 heterocycles. The van der Waals surface area contributed by atoms with E-state index in [4.69, 9.17) is 18.0 Å². The van der Waals surface area contributed by atoms with Gasteiger partial charge in [-0.15, -0.1) is 0 Å². The molecule has 4 heteroatoms. The van der Waals surface area contributed by atoms with Crippen LogP contribution in [0.4, 0.5) is 0 Å². The highest BCUT2D eigenvalue weighted by molar-refractivity contribution is 7.80. The van der Waals surface area contributed by atoms with Gasteiger partial charge in [0.15, 0.2) is 0 Å². The van der Waals surface area contributed by atoms with Crippen LogP contribution in [0.5, 0.6) is 0 Å². The molecule has 1 amide bonds. The number of carbonyl (C=O) groups is 1. The smallest absolute Gasteiger partial charge is 0.227 e. The summed E-state index contributed by atoms with van der Waals surface area (Å²) in [5, 5.41) is 5.13. The molecule has 0 saturated carbocycles. The molecule has 18 heavy (non-hydrogen) atoms. The molecule has 3 N–H and O–H groups in total. The molecule has 0 aliphatic rings. The summed E-state index contributed by atoms with van der Waals surface area (Å²) >= 11 is 4.70. The number of amides is 1. The third kappa shape index (κ3) is 3.05. The SMILES string of the molecule is NC(=S)CC(=O)NCc1cccc2ccccc12. The van der Waals surface area contributed by atoms with Crippen LogP contribution in [0.3, 0.4) is 0 Å². The molecule has 0 aliphatic carbocycles. The summed E-state index contributed by atoms with van der Waals surface area (Å²) in [6.07, 6.45) is 0.0973. The van der Waals surface area contributed by atoms with Crippen LogP contribution in [0.2, 0.25) is 0 Å². The second-order valence-corrected chi connectivity index (χ2v) is 4.58. The van der Waals surface area contributed by atoms with Crippen molar-refractivity contribution in [1.82, 2.24) is 5.32 Å². The Balaban J connectivity index is 2.12. The lowest BCUT2D eigenvalue weighted by Crippen LogP contribution is -2.27. The number of nitrogens with two attached hydrogens (primary N) is 1. The molecule has 0 radical (unpaired) electrons. The number of fused-ring (bicyclic) bond motifs is 1. The Bertz CT molecular complexity index is 590. The van der Waals surface area contributed by atoms with E-state index in [9.17, 15) is 4.79 Å². The summed E-state index contributed by atoms with van der Waals surface area (Å²) in [5.74, 6) is -0.143. The average molecular weight is 258 g/mol. The minimum Gasteiger partial charge on any atom is -0.393 e. The van der Waals surface area contributed by atoms with Crippen molar-refractivity contribution < 1.29 is 4.79 Å². The molecule has 0 aromatic heterocycles. The number of nitrogens with one attached hydrogen (secondary N) is 1. The van der Waals surface area contributed by atoms with Crippen molar-refractivity contribution in [1.29, 1.82) is 0 Å². The van der Waals surface area contributed by atoms with Crippen molar-refractivity contribution >= 4 is 33.9 Å². The molecule has 0 fully saturated rings. The maximum atomic E-state index is 11.5. The fourth-order valence-corrected chi connectivity index (χ4v) is 1.99. The molecule has 0 atom stereocenters. The normalized spacial score (nSPS) is 10.2. The van der Waals surface area contributed by atoms with Crippen molar-refractivity contribution in [3.63, 3.8) is 0 Å². The molecule has 0 aliphatic heterocycles. The number of hydrogen-bond donors (Lipinski definition) is 2. The van der Waals surface area contributed by atoms with E-state index in [-0.39, 0.29) is 17.3 Å². The van der Waals surface area contributed by atoms with Gasteiger partial charge in [0.1, 0.15) is 0 Å². The van der Waals surface area contributed by atoms with Crippen LogP contribution in [0.25, 0.3) is 10.8 Å². The summed E-state index contributed by atoms with van der Waals surface area (Å²) in [6.45, 7) is 0.489. The molecule has 2 aromatic carbocycles. The Kier molecular flexibility index (Phi) is 3.89. The Morgan fingerprint density at radius 3 is 2.67 bits per heavy atom. The minimum atomic E-state index is -0.143. The number of benzene rings is 2. The lowest BCUT2D eigenvalue weighted by atomic mass is 10.0. The molecule has 2 aromatic rings. The first-order valence-electron chi connectivity index (χ1n) is 5.68. The largest absolute Gasteiger partial charge is 0.393 e. The van der Waals surface area contributed by atoms with E-state index in [1.165, 1.54) is 5.39 Å². The predicted molar refractivity (Wildman–Crippen MR) is 77.2 cm³/mol. The summed E-state index contributed by atoms with van der Waals surface area (Å²) in [7, 11) is 0. The molecule has 3 nitrogen and oxygen atoms in total. The molecule has 0 saturated heterocycles. The van der Waals surface area contributed by atoms with E-state index in [0.29, 0.717) is 6.54 Å². The van der Waals surface area contributed by atoms with Crippen LogP contribution in [0, 0.1) is 0 Å². The van der Waals surface area contributed by atoms with Gasteiger partial charge < -0.3 is 11.1 Å². The van der Waals surface area contributed by atoms with Gasteiger partial charge in [-0.1, -0.05) is 54.7 Å². The Hall–Kier alpha value is -1.94. The van der Waals surface area contributed by atoms with Crippen molar-refractivity contribution in [3.05, 3.63) is 48.0 Å². The second-order valence-electron chi connectivity index (χ2n) is 4.06. The first-order valence-corrected chi connectivity index (χ1v) is 6.09. The fraction of sp³-hybridized carbons (Fsp3) is 0.143.